The molecule has 0 saturated heterocycles. The molecule has 14 rings (SSSR count). The Balaban J connectivity index is 0.720. The summed E-state index contributed by atoms with van der Waals surface area (Å²) in [4.78, 5) is 9.20. The van der Waals surface area contributed by atoms with Gasteiger partial charge in [-0.1, -0.05) is 38.5 Å². The molecular formula is C90H88N6O8. The van der Waals surface area contributed by atoms with Gasteiger partial charge in [-0.05, 0) is 280 Å². The Hall–Kier alpha value is -12.2. The number of nitrogens with zero attached hydrogens (tertiary/aromatic N) is 6. The zero-order valence-corrected chi connectivity index (χ0v) is 60.4. The average Bonchev–Trinajstić information content (AvgIpc) is 1.59. The van der Waals surface area contributed by atoms with Crippen LogP contribution in [0.3, 0.4) is 0 Å². The van der Waals surface area contributed by atoms with Crippen LogP contribution in [0, 0.1) is 0 Å². The van der Waals surface area contributed by atoms with Crippen LogP contribution < -0.4 is 57.5 Å². The first kappa shape index (κ1) is 68.9. The summed E-state index contributed by atoms with van der Waals surface area (Å²) in [6, 6.07) is 93.7. The molecule has 0 aliphatic heterocycles. The predicted molar refractivity (Wildman–Crippen MR) is 427 cm³/mol. The van der Waals surface area contributed by atoms with Crippen molar-refractivity contribution in [1.29, 1.82) is 0 Å². The van der Waals surface area contributed by atoms with Crippen LogP contribution >= 0.6 is 0 Å². The number of aryl methyl sites for hydroxylation is 2. The first-order valence-electron chi connectivity index (χ1n) is 35.6. The van der Waals surface area contributed by atoms with Crippen molar-refractivity contribution in [3.05, 3.63) is 267 Å². The van der Waals surface area contributed by atoms with Crippen molar-refractivity contribution in [3.8, 4) is 46.0 Å². The number of ether oxygens (including phenoxy) is 8. The van der Waals surface area contributed by atoms with E-state index in [1.165, 1.54) is 69.3 Å². The van der Waals surface area contributed by atoms with Crippen LogP contribution in [0.25, 0.3) is 43.6 Å². The molecule has 12 aromatic carbocycles. The molecule has 14 heteroatoms. The van der Waals surface area contributed by atoms with E-state index < -0.39 is 0 Å². The highest BCUT2D eigenvalue weighted by Crippen LogP contribution is 2.46. The van der Waals surface area contributed by atoms with Gasteiger partial charge in [-0.2, -0.15) is 0 Å². The van der Waals surface area contributed by atoms with Crippen molar-refractivity contribution < 1.29 is 37.9 Å². The van der Waals surface area contributed by atoms with Gasteiger partial charge in [-0.25, -0.2) is 0 Å². The highest BCUT2D eigenvalue weighted by molar-refractivity contribution is 6.12. The van der Waals surface area contributed by atoms with Gasteiger partial charge >= 0.3 is 0 Å². The van der Waals surface area contributed by atoms with Gasteiger partial charge < -0.3 is 66.6 Å². The summed E-state index contributed by atoms with van der Waals surface area (Å²) in [6.07, 6.45) is 9.12. The van der Waals surface area contributed by atoms with Crippen LogP contribution in [0.2, 0.25) is 0 Å². The molecule has 14 nitrogen and oxygen atoms in total. The minimum atomic E-state index is 0.799. The maximum atomic E-state index is 5.62. The van der Waals surface area contributed by atoms with Gasteiger partial charge in [-0.3, -0.25) is 0 Å². The Labute approximate surface area is 609 Å². The van der Waals surface area contributed by atoms with Crippen molar-refractivity contribution in [2.24, 2.45) is 0 Å². The standard InChI is InChI=1S/C90H88N6O8/c1-97-75-37-17-63(18-38-75)93(64-19-39-76(98-2)40-20-64)71-33-53-87-83(59-71)84-60-72(94(65-21-41-77(99-3)42-22-65)66-23-43-78(100-4)44-24-66)34-54-88(84)91(87)57-15-13-11-9-10-12-14-16-58-92-89-55-35-73(95(67-25-45-79(101-5)46-26-67)68-27-47-80(102-6)48-28-68)61-85(89)86-62-74(36-56-90(86)92)96(69-29-49-81(103-7)50-30-69)70-31-51-82(104-8)52-32-70/h17-56,59-62H,9-16,57-58H2,1-8H3. The van der Waals surface area contributed by atoms with Gasteiger partial charge in [0.2, 0.25) is 0 Å². The summed E-state index contributed by atoms with van der Waals surface area (Å²) >= 11 is 0. The fourth-order valence-corrected chi connectivity index (χ4v) is 14.4. The van der Waals surface area contributed by atoms with Crippen molar-refractivity contribution in [2.45, 2.75) is 64.5 Å². The number of aromatic nitrogens is 2. The number of benzene rings is 12. The first-order chi connectivity index (χ1) is 51.2. The summed E-state index contributed by atoms with van der Waals surface area (Å²) in [6.45, 7) is 1.79. The topological polar surface area (TPSA) is 96.7 Å². The molecule has 0 unspecified atom stereocenters. The summed E-state index contributed by atoms with van der Waals surface area (Å²) in [5.41, 5.74) is 17.0. The molecule has 526 valence electrons. The van der Waals surface area contributed by atoms with E-state index in [2.05, 4.69) is 199 Å². The number of methoxy groups -OCH3 is 8. The van der Waals surface area contributed by atoms with E-state index in [0.717, 1.165) is 153 Å². The van der Waals surface area contributed by atoms with E-state index in [1.807, 2.05) is 97.1 Å². The number of anilines is 12. The maximum Gasteiger partial charge on any atom is 0.119 e. The van der Waals surface area contributed by atoms with Crippen LogP contribution in [0.5, 0.6) is 46.0 Å². The summed E-state index contributed by atoms with van der Waals surface area (Å²) in [7, 11) is 13.6. The van der Waals surface area contributed by atoms with Crippen molar-refractivity contribution in [1.82, 2.24) is 9.13 Å². The lowest BCUT2D eigenvalue weighted by atomic mass is 10.1. The maximum absolute atomic E-state index is 5.62. The molecule has 0 aliphatic rings. The lowest BCUT2D eigenvalue weighted by molar-refractivity contribution is 0.414. The molecule has 0 atom stereocenters. The lowest BCUT2D eigenvalue weighted by Gasteiger charge is -2.26. The SMILES string of the molecule is COc1ccc(N(c2ccc(OC)cc2)c2ccc3c(c2)c2cc(N(c4ccc(OC)cc4)c4ccc(OC)cc4)ccc2n3CCCCCCCCCCn2c3ccc(N(c4ccc(OC)cc4)c4ccc(OC)cc4)cc3c3cc(N(c4ccc(OC)cc4)c4ccc(OC)cc4)ccc32)cc1. The second-order valence-corrected chi connectivity index (χ2v) is 25.9. The smallest absolute Gasteiger partial charge is 0.119 e. The second kappa shape index (κ2) is 31.8. The molecule has 0 saturated carbocycles. The third-order valence-corrected chi connectivity index (χ3v) is 19.9. The molecule has 104 heavy (non-hydrogen) atoms. The van der Waals surface area contributed by atoms with Crippen molar-refractivity contribution >= 4 is 112 Å². The highest BCUT2D eigenvalue weighted by atomic mass is 16.5. The Morgan fingerprint density at radius 3 is 0.481 bits per heavy atom. The van der Waals surface area contributed by atoms with E-state index in [1.54, 1.807) is 56.9 Å². The molecular weight excluding hydrogens is 1290 g/mol. The van der Waals surface area contributed by atoms with E-state index in [9.17, 15) is 0 Å². The molecule has 2 heterocycles. The molecule has 14 aromatic rings. The van der Waals surface area contributed by atoms with Crippen molar-refractivity contribution in [3.63, 3.8) is 0 Å². The second-order valence-electron chi connectivity index (χ2n) is 25.9. The minimum Gasteiger partial charge on any atom is -0.497 e. The third-order valence-electron chi connectivity index (χ3n) is 19.9. The van der Waals surface area contributed by atoms with Crippen LogP contribution in [0.1, 0.15) is 51.4 Å². The fraction of sp³-hybridized carbons (Fsp3) is 0.200. The monoisotopic (exact) mass is 1380 g/mol. The summed E-state index contributed by atoms with van der Waals surface area (Å²) in [5.74, 6) is 6.39. The van der Waals surface area contributed by atoms with E-state index >= 15 is 0 Å². The van der Waals surface area contributed by atoms with Gasteiger partial charge in [0.15, 0.2) is 0 Å². The molecule has 0 bridgehead atoms. The van der Waals surface area contributed by atoms with Crippen molar-refractivity contribution in [2.75, 3.05) is 76.5 Å². The highest BCUT2D eigenvalue weighted by Gasteiger charge is 2.24. The third kappa shape index (κ3) is 14.5. The Morgan fingerprint density at radius 1 is 0.183 bits per heavy atom. The van der Waals surface area contributed by atoms with Gasteiger partial charge in [0, 0.05) is 125 Å². The molecule has 0 fully saturated rings. The number of rotatable bonds is 31. The predicted octanol–water partition coefficient (Wildman–Crippen LogP) is 23.7. The van der Waals surface area contributed by atoms with Crippen LogP contribution in [0.4, 0.5) is 68.2 Å². The van der Waals surface area contributed by atoms with Gasteiger partial charge in [-0.15, -0.1) is 0 Å². The Morgan fingerprint density at radius 2 is 0.327 bits per heavy atom. The molecule has 0 aliphatic carbocycles. The van der Waals surface area contributed by atoms with Gasteiger partial charge in [0.1, 0.15) is 46.0 Å². The van der Waals surface area contributed by atoms with Gasteiger partial charge in [0.25, 0.3) is 0 Å². The zero-order valence-electron chi connectivity index (χ0n) is 60.4. The average molecular weight is 1380 g/mol. The summed E-state index contributed by atoms with van der Waals surface area (Å²) < 4.78 is 50.1. The zero-order chi connectivity index (χ0) is 71.5. The molecule has 0 radical (unpaired) electrons. The molecule has 2 aromatic heterocycles. The van der Waals surface area contributed by atoms with E-state index in [-0.39, 0.29) is 0 Å². The lowest BCUT2D eigenvalue weighted by Crippen LogP contribution is -2.10. The first-order valence-corrected chi connectivity index (χ1v) is 35.6. The largest absolute Gasteiger partial charge is 0.497 e. The Bertz CT molecular complexity index is 4350. The molecule has 0 amide bonds. The van der Waals surface area contributed by atoms with E-state index in [0.29, 0.717) is 0 Å². The minimum absolute atomic E-state index is 0.799. The van der Waals surface area contributed by atoms with Crippen LogP contribution in [0.15, 0.2) is 267 Å². The fourth-order valence-electron chi connectivity index (χ4n) is 14.4. The molecule has 0 N–H and O–H groups in total. The Kier molecular flexibility index (Phi) is 21.1. The number of unbranched alkanes of at least 4 members (excludes halogenated alkanes) is 7. The van der Waals surface area contributed by atoms with Crippen LogP contribution in [-0.2, 0) is 13.1 Å². The van der Waals surface area contributed by atoms with E-state index in [4.69, 9.17) is 37.9 Å². The summed E-state index contributed by atoms with van der Waals surface area (Å²) in [5, 5.41) is 4.70. The number of hydrogen-bond donors (Lipinski definition) is 0. The number of fused-ring (bicyclic) bond motifs is 6. The quantitative estimate of drug-likeness (QED) is 0.0387. The number of hydrogen-bond acceptors (Lipinski definition) is 12. The van der Waals surface area contributed by atoms with Gasteiger partial charge in [0.05, 0.1) is 56.9 Å². The molecule has 0 spiro atoms. The van der Waals surface area contributed by atoms with Crippen LogP contribution in [-0.4, -0.2) is 66.0 Å². The normalized spacial score (nSPS) is 11.3.